The summed E-state index contributed by atoms with van der Waals surface area (Å²) in [5, 5.41) is 13.2. The van der Waals surface area contributed by atoms with E-state index >= 15 is 0 Å². The third-order valence-electron chi connectivity index (χ3n) is 8.42. The number of ether oxygens (including phenoxy) is 1. The van der Waals surface area contributed by atoms with E-state index in [0.29, 0.717) is 23.7 Å². The quantitative estimate of drug-likeness (QED) is 0.277. The van der Waals surface area contributed by atoms with Crippen molar-refractivity contribution in [1.82, 2.24) is 29.7 Å². The number of halogens is 2. The first-order chi connectivity index (χ1) is 19.5. The maximum atomic E-state index is 14.4. The Morgan fingerprint density at radius 3 is 2.88 bits per heavy atom. The molecule has 1 unspecified atom stereocenters. The smallest absolute Gasteiger partial charge is 0.178 e. The molecule has 2 aliphatic heterocycles. The first-order valence-corrected chi connectivity index (χ1v) is 14.2. The molecule has 0 aliphatic carbocycles. The fourth-order valence-corrected chi connectivity index (χ4v) is 6.77. The van der Waals surface area contributed by atoms with Gasteiger partial charge in [-0.05, 0) is 63.1 Å². The summed E-state index contributed by atoms with van der Waals surface area (Å²) in [6.07, 6.45) is 9.04. The Morgan fingerprint density at radius 1 is 1.12 bits per heavy atom. The van der Waals surface area contributed by atoms with E-state index in [4.69, 9.17) is 21.3 Å². The van der Waals surface area contributed by atoms with Gasteiger partial charge in [0, 0.05) is 59.5 Å². The molecule has 7 rings (SSSR count). The summed E-state index contributed by atoms with van der Waals surface area (Å²) in [6.45, 7) is 6.92. The van der Waals surface area contributed by atoms with Crippen LogP contribution < -0.4 is 9.64 Å². The molecule has 1 aromatic carbocycles. The molecule has 6 heterocycles. The molecule has 206 valence electrons. The molecule has 40 heavy (non-hydrogen) atoms. The topological polar surface area (TPSA) is 74.6 Å². The van der Waals surface area contributed by atoms with E-state index in [1.54, 1.807) is 12.1 Å². The van der Waals surface area contributed by atoms with E-state index in [-0.39, 0.29) is 11.2 Å². The standard InChI is InChI=1S/C30H31ClFN7O/c1-2-40-21-13-22(28-23-15-34-35-29(23)36-39(28)16-21)20-7-8-27(33-14-20)38-11-4-9-30(19-38)10-12-37(18-30)17-24-25(31)5-3-6-26(24)32/h3,5-8,13-16H,2,4,9-12,17-19H2,1H3,(H,35,36). The van der Waals surface area contributed by atoms with Crippen LogP contribution in [0.1, 0.15) is 31.7 Å². The second-order valence-electron chi connectivity index (χ2n) is 11.0. The number of anilines is 1. The molecule has 0 radical (unpaired) electrons. The van der Waals surface area contributed by atoms with E-state index in [1.165, 1.54) is 12.5 Å². The molecule has 0 saturated carbocycles. The number of piperidine rings is 1. The number of pyridine rings is 2. The normalized spacial score (nSPS) is 19.8. The lowest BCUT2D eigenvalue weighted by atomic mass is 9.79. The lowest BCUT2D eigenvalue weighted by Gasteiger charge is -2.41. The van der Waals surface area contributed by atoms with Crippen LogP contribution in [0.2, 0.25) is 5.02 Å². The summed E-state index contributed by atoms with van der Waals surface area (Å²) in [6, 6.07) is 11.2. The average Bonchev–Trinajstić information content (AvgIpc) is 3.66. The average molecular weight is 560 g/mol. The van der Waals surface area contributed by atoms with Gasteiger partial charge in [-0.25, -0.2) is 13.9 Å². The summed E-state index contributed by atoms with van der Waals surface area (Å²) in [4.78, 5) is 9.69. The zero-order valence-electron chi connectivity index (χ0n) is 22.4. The fourth-order valence-electron chi connectivity index (χ4n) is 6.54. The maximum Gasteiger partial charge on any atom is 0.178 e. The molecule has 2 fully saturated rings. The van der Waals surface area contributed by atoms with Gasteiger partial charge < -0.3 is 9.64 Å². The Kier molecular flexibility index (Phi) is 6.35. The lowest BCUT2D eigenvalue weighted by molar-refractivity contribution is 0.215. The number of rotatable bonds is 6. The van der Waals surface area contributed by atoms with Gasteiger partial charge in [-0.15, -0.1) is 5.10 Å². The maximum absolute atomic E-state index is 14.4. The summed E-state index contributed by atoms with van der Waals surface area (Å²) in [5.74, 6) is 1.52. The molecule has 8 nitrogen and oxygen atoms in total. The van der Waals surface area contributed by atoms with E-state index in [1.807, 2.05) is 30.0 Å². The third-order valence-corrected chi connectivity index (χ3v) is 8.77. The van der Waals surface area contributed by atoms with Crippen molar-refractivity contribution in [3.05, 3.63) is 71.4 Å². The zero-order valence-corrected chi connectivity index (χ0v) is 23.2. The summed E-state index contributed by atoms with van der Waals surface area (Å²) >= 11 is 6.32. The van der Waals surface area contributed by atoms with Crippen molar-refractivity contribution in [2.75, 3.05) is 37.7 Å². The Bertz CT molecular complexity index is 1660. The molecule has 1 spiro atoms. The highest BCUT2D eigenvalue weighted by Crippen LogP contribution is 2.41. The Labute approximate surface area is 236 Å². The predicted molar refractivity (Wildman–Crippen MR) is 154 cm³/mol. The monoisotopic (exact) mass is 559 g/mol. The van der Waals surface area contributed by atoms with E-state index in [9.17, 15) is 4.39 Å². The molecule has 10 heteroatoms. The minimum Gasteiger partial charge on any atom is -0.492 e. The van der Waals surface area contributed by atoms with Crippen molar-refractivity contribution >= 4 is 34.0 Å². The van der Waals surface area contributed by atoms with E-state index in [2.05, 4.69) is 43.3 Å². The van der Waals surface area contributed by atoms with Gasteiger partial charge in [0.25, 0.3) is 0 Å². The summed E-state index contributed by atoms with van der Waals surface area (Å²) in [7, 11) is 0. The number of nitrogens with zero attached hydrogens (tertiary/aromatic N) is 6. The Balaban J connectivity index is 1.12. The number of likely N-dealkylation sites (tertiary alicyclic amines) is 1. The van der Waals surface area contributed by atoms with Crippen LogP contribution in [0.15, 0.2) is 55.0 Å². The van der Waals surface area contributed by atoms with Gasteiger partial charge in [0.15, 0.2) is 5.65 Å². The Morgan fingerprint density at radius 2 is 2.05 bits per heavy atom. The number of hydrogen-bond acceptors (Lipinski definition) is 6. The minimum atomic E-state index is -0.225. The van der Waals surface area contributed by atoms with E-state index in [0.717, 1.165) is 78.3 Å². The largest absolute Gasteiger partial charge is 0.492 e. The molecule has 2 aliphatic rings. The van der Waals surface area contributed by atoms with Gasteiger partial charge in [-0.1, -0.05) is 17.7 Å². The van der Waals surface area contributed by atoms with Crippen molar-refractivity contribution in [2.45, 2.75) is 32.7 Å². The molecule has 1 atom stereocenters. The second kappa shape index (κ2) is 10.1. The van der Waals surface area contributed by atoms with Crippen molar-refractivity contribution < 1.29 is 9.13 Å². The van der Waals surface area contributed by atoms with Gasteiger partial charge in [-0.2, -0.15) is 5.10 Å². The highest BCUT2D eigenvalue weighted by molar-refractivity contribution is 6.31. The van der Waals surface area contributed by atoms with Crippen LogP contribution in [0.4, 0.5) is 10.2 Å². The van der Waals surface area contributed by atoms with Crippen LogP contribution in [0.3, 0.4) is 0 Å². The number of benzene rings is 1. The van der Waals surface area contributed by atoms with E-state index < -0.39 is 0 Å². The Hall–Kier alpha value is -3.69. The minimum absolute atomic E-state index is 0.179. The zero-order chi connectivity index (χ0) is 27.3. The molecule has 2 saturated heterocycles. The number of H-pyrrole nitrogens is 1. The van der Waals surface area contributed by atoms with Gasteiger partial charge >= 0.3 is 0 Å². The van der Waals surface area contributed by atoms with Crippen molar-refractivity contribution in [3.63, 3.8) is 0 Å². The number of nitrogens with one attached hydrogen (secondary N) is 1. The number of aromatic amines is 1. The molecular formula is C30H31ClFN7O. The highest BCUT2D eigenvalue weighted by atomic mass is 35.5. The molecule has 4 aromatic heterocycles. The fraction of sp³-hybridized carbons (Fsp3) is 0.367. The van der Waals surface area contributed by atoms with Crippen molar-refractivity contribution in [3.8, 4) is 16.9 Å². The van der Waals surface area contributed by atoms with Gasteiger partial charge in [0.1, 0.15) is 17.4 Å². The van der Waals surface area contributed by atoms with Crippen LogP contribution in [0.5, 0.6) is 5.75 Å². The van der Waals surface area contributed by atoms with Crippen molar-refractivity contribution in [2.24, 2.45) is 5.41 Å². The number of fused-ring (bicyclic) bond motifs is 3. The SMILES string of the molecule is CCOc1cc(-c2ccc(N3CCCC4(CCN(Cc5c(F)cccc5Cl)C4)C3)nc2)c2c3cn[nH]c3nn2c1. The van der Waals surface area contributed by atoms with Crippen molar-refractivity contribution in [1.29, 1.82) is 0 Å². The summed E-state index contributed by atoms with van der Waals surface area (Å²) in [5.41, 5.74) is 4.49. The molecular weight excluding hydrogens is 529 g/mol. The van der Waals surface area contributed by atoms with Gasteiger partial charge in [0.2, 0.25) is 0 Å². The van der Waals surface area contributed by atoms with Crippen LogP contribution in [-0.4, -0.2) is 62.5 Å². The number of aromatic nitrogens is 5. The van der Waals surface area contributed by atoms with Crippen LogP contribution in [-0.2, 0) is 6.54 Å². The summed E-state index contributed by atoms with van der Waals surface area (Å²) < 4.78 is 22.1. The lowest BCUT2D eigenvalue weighted by Crippen LogP contribution is -2.45. The molecule has 0 amide bonds. The molecule has 0 bridgehead atoms. The van der Waals surface area contributed by atoms with Crippen LogP contribution in [0, 0.1) is 11.2 Å². The second-order valence-corrected chi connectivity index (χ2v) is 11.4. The van der Waals surface area contributed by atoms with Gasteiger partial charge in [0.05, 0.1) is 29.9 Å². The first kappa shape index (κ1) is 25.3. The predicted octanol–water partition coefficient (Wildman–Crippen LogP) is 5.96. The van der Waals surface area contributed by atoms with Crippen LogP contribution in [0.25, 0.3) is 27.7 Å². The molecule has 1 N–H and O–H groups in total. The number of hydrogen-bond donors (Lipinski definition) is 1. The van der Waals surface area contributed by atoms with Crippen LogP contribution >= 0.6 is 11.6 Å². The molecule has 5 aromatic rings. The highest BCUT2D eigenvalue weighted by Gasteiger charge is 2.41. The first-order valence-electron chi connectivity index (χ1n) is 13.9. The third kappa shape index (κ3) is 4.47. The van der Waals surface area contributed by atoms with Gasteiger partial charge in [-0.3, -0.25) is 10.00 Å².